The Morgan fingerprint density at radius 3 is 2.43 bits per heavy atom. The average Bonchev–Trinajstić information content (AvgIpc) is 3.13. The van der Waals surface area contributed by atoms with Crippen molar-refractivity contribution in [2.45, 2.75) is 18.4 Å². The number of imide groups is 1. The fraction of sp³-hybridized carbons (Fsp3) is 0.120. The van der Waals surface area contributed by atoms with E-state index in [9.17, 15) is 28.1 Å². The number of nitrogens with zero attached hydrogens (tertiary/aromatic N) is 2. The molecule has 0 atom stereocenters. The summed E-state index contributed by atoms with van der Waals surface area (Å²) in [6.45, 7) is 2.05. The summed E-state index contributed by atoms with van der Waals surface area (Å²) in [6, 6.07) is 16.5. The lowest BCUT2D eigenvalue weighted by Crippen LogP contribution is -2.27. The number of hydrogen-bond donors (Lipinski definition) is 0. The smallest absolute Gasteiger partial charge is 0.346 e. The number of benzene rings is 3. The summed E-state index contributed by atoms with van der Waals surface area (Å²) in [5, 5.41) is 10.8. The van der Waals surface area contributed by atoms with E-state index in [4.69, 9.17) is 8.92 Å². The summed E-state index contributed by atoms with van der Waals surface area (Å²) < 4.78 is 35.9. The third kappa shape index (κ3) is 5.49. The lowest BCUT2D eigenvalue weighted by atomic mass is 10.1. The van der Waals surface area contributed by atoms with Crippen LogP contribution in [0.5, 0.6) is 11.5 Å². The number of amides is 2. The van der Waals surface area contributed by atoms with E-state index in [-0.39, 0.29) is 22.9 Å². The Balaban J connectivity index is 1.58. The van der Waals surface area contributed by atoms with Crippen LogP contribution in [0.15, 0.2) is 76.5 Å². The Hall–Kier alpha value is -4.16. The highest BCUT2D eigenvalue weighted by Gasteiger charge is 2.35. The molecule has 0 spiro atoms. The molecular weight excluding hydrogens is 520 g/mol. The molecule has 37 heavy (non-hydrogen) atoms. The third-order valence-corrected chi connectivity index (χ3v) is 7.67. The van der Waals surface area contributed by atoms with E-state index in [0.29, 0.717) is 5.56 Å². The van der Waals surface area contributed by atoms with Crippen molar-refractivity contribution in [3.63, 3.8) is 0 Å². The molecule has 0 N–H and O–H groups in total. The number of rotatable bonds is 8. The molecule has 0 aliphatic carbocycles. The number of ether oxygens (including phenoxy) is 1. The number of methoxy groups -OCH3 is 1. The van der Waals surface area contributed by atoms with Crippen LogP contribution in [0.4, 0.5) is 10.5 Å². The maximum absolute atomic E-state index is 12.9. The highest BCUT2D eigenvalue weighted by molar-refractivity contribution is 8.18. The average molecular weight is 541 g/mol. The van der Waals surface area contributed by atoms with E-state index in [1.54, 1.807) is 0 Å². The summed E-state index contributed by atoms with van der Waals surface area (Å²) in [5.41, 5.74) is 1.64. The van der Waals surface area contributed by atoms with Crippen LogP contribution in [0, 0.1) is 17.0 Å². The van der Waals surface area contributed by atoms with Crippen LogP contribution in [0.1, 0.15) is 16.7 Å². The molecule has 10 nitrogen and oxygen atoms in total. The lowest BCUT2D eigenvalue weighted by molar-refractivity contribution is -0.387. The van der Waals surface area contributed by atoms with Gasteiger partial charge in [0.2, 0.25) is 0 Å². The van der Waals surface area contributed by atoms with Crippen LogP contribution in [0.2, 0.25) is 0 Å². The van der Waals surface area contributed by atoms with E-state index in [0.717, 1.165) is 39.9 Å². The van der Waals surface area contributed by atoms with Gasteiger partial charge in [-0.25, -0.2) is 0 Å². The Bertz CT molecular complexity index is 1550. The monoisotopic (exact) mass is 540 g/mol. The molecule has 1 heterocycles. The molecule has 12 heteroatoms. The number of para-hydroxylation sites is 1. The van der Waals surface area contributed by atoms with Crippen LogP contribution in [0.3, 0.4) is 0 Å². The number of nitro benzene ring substituents is 1. The quantitative estimate of drug-likeness (QED) is 0.169. The second-order valence-electron chi connectivity index (χ2n) is 7.87. The van der Waals surface area contributed by atoms with E-state index >= 15 is 0 Å². The van der Waals surface area contributed by atoms with Crippen molar-refractivity contribution in [2.75, 3.05) is 7.11 Å². The summed E-state index contributed by atoms with van der Waals surface area (Å²) in [5.74, 6) is -0.642. The maximum atomic E-state index is 12.9. The molecule has 4 rings (SSSR count). The Labute approximate surface area is 216 Å². The number of hydrogen-bond acceptors (Lipinski definition) is 9. The van der Waals surface area contributed by atoms with E-state index < -0.39 is 36.8 Å². The van der Waals surface area contributed by atoms with Gasteiger partial charge >= 0.3 is 10.1 Å². The van der Waals surface area contributed by atoms with Crippen molar-refractivity contribution in [1.82, 2.24) is 4.90 Å². The van der Waals surface area contributed by atoms with Gasteiger partial charge in [0.15, 0.2) is 16.4 Å². The van der Waals surface area contributed by atoms with Crippen LogP contribution in [0.25, 0.3) is 6.08 Å². The first-order valence-corrected chi connectivity index (χ1v) is 13.0. The normalized spacial score (nSPS) is 14.8. The summed E-state index contributed by atoms with van der Waals surface area (Å²) in [7, 11) is -3.27. The minimum Gasteiger partial charge on any atom is -0.493 e. The second kappa shape index (κ2) is 10.4. The first-order valence-electron chi connectivity index (χ1n) is 10.8. The van der Waals surface area contributed by atoms with Gasteiger partial charge in [-0.05, 0) is 59.7 Å². The molecule has 1 fully saturated rings. The number of nitro groups is 1. The van der Waals surface area contributed by atoms with E-state index in [2.05, 4.69) is 0 Å². The second-order valence-corrected chi connectivity index (χ2v) is 10.4. The predicted octanol–water partition coefficient (Wildman–Crippen LogP) is 4.92. The van der Waals surface area contributed by atoms with Crippen molar-refractivity contribution < 1.29 is 31.9 Å². The Kier molecular flexibility index (Phi) is 7.32. The number of carbonyl (C=O) groups excluding carboxylic acids is 2. The number of thioether (sulfide) groups is 1. The molecule has 0 saturated carbocycles. The molecule has 0 bridgehead atoms. The number of carbonyl (C=O) groups is 2. The SMILES string of the molecule is COc1cc(/C=C2\SC(=O)N(Cc3ccccc3C)C2=O)ccc1OS(=O)(=O)c1ccccc1[N+](=O)[O-]. The van der Waals surface area contributed by atoms with Gasteiger partial charge in [0.25, 0.3) is 16.8 Å². The fourth-order valence-electron chi connectivity index (χ4n) is 3.57. The Morgan fingerprint density at radius 1 is 1.03 bits per heavy atom. The van der Waals surface area contributed by atoms with Crippen molar-refractivity contribution in [1.29, 1.82) is 0 Å². The van der Waals surface area contributed by atoms with Crippen LogP contribution >= 0.6 is 11.8 Å². The number of aryl methyl sites for hydroxylation is 1. The fourth-order valence-corrected chi connectivity index (χ4v) is 5.52. The maximum Gasteiger partial charge on any atom is 0.346 e. The first kappa shape index (κ1) is 25.9. The van der Waals surface area contributed by atoms with Crippen LogP contribution < -0.4 is 8.92 Å². The topological polar surface area (TPSA) is 133 Å². The van der Waals surface area contributed by atoms with Gasteiger partial charge in [-0.15, -0.1) is 0 Å². The summed E-state index contributed by atoms with van der Waals surface area (Å²) in [6.07, 6.45) is 1.49. The van der Waals surface area contributed by atoms with Gasteiger partial charge in [-0.1, -0.05) is 42.5 Å². The van der Waals surface area contributed by atoms with E-state index in [1.165, 1.54) is 43.5 Å². The van der Waals surface area contributed by atoms with Gasteiger partial charge in [-0.3, -0.25) is 24.6 Å². The van der Waals surface area contributed by atoms with Crippen LogP contribution in [-0.2, 0) is 21.5 Å². The minimum absolute atomic E-state index is 0.00930. The van der Waals surface area contributed by atoms with Crippen molar-refractivity contribution in [3.05, 3.63) is 98.4 Å². The van der Waals surface area contributed by atoms with Crippen molar-refractivity contribution >= 4 is 44.8 Å². The Morgan fingerprint density at radius 2 is 1.73 bits per heavy atom. The molecule has 1 aliphatic rings. The largest absolute Gasteiger partial charge is 0.493 e. The molecule has 0 radical (unpaired) electrons. The molecule has 2 amide bonds. The molecule has 1 saturated heterocycles. The van der Waals surface area contributed by atoms with Gasteiger partial charge in [0.05, 0.1) is 23.5 Å². The zero-order valence-corrected chi connectivity index (χ0v) is 21.2. The van der Waals surface area contributed by atoms with Crippen molar-refractivity contribution in [2.24, 2.45) is 0 Å². The zero-order chi connectivity index (χ0) is 26.7. The molecule has 3 aromatic carbocycles. The lowest BCUT2D eigenvalue weighted by Gasteiger charge is -2.14. The van der Waals surface area contributed by atoms with Gasteiger partial charge in [-0.2, -0.15) is 8.42 Å². The van der Waals surface area contributed by atoms with Crippen molar-refractivity contribution in [3.8, 4) is 11.5 Å². The predicted molar refractivity (Wildman–Crippen MR) is 137 cm³/mol. The highest BCUT2D eigenvalue weighted by Crippen LogP contribution is 2.37. The summed E-state index contributed by atoms with van der Waals surface area (Å²) >= 11 is 0.798. The molecule has 0 aromatic heterocycles. The van der Waals surface area contributed by atoms with Crippen LogP contribution in [-0.4, -0.2) is 36.5 Å². The third-order valence-electron chi connectivity index (χ3n) is 5.48. The van der Waals surface area contributed by atoms with Gasteiger partial charge in [0.1, 0.15) is 0 Å². The van der Waals surface area contributed by atoms with Gasteiger partial charge in [0, 0.05) is 6.07 Å². The highest BCUT2D eigenvalue weighted by atomic mass is 32.2. The van der Waals surface area contributed by atoms with E-state index in [1.807, 2.05) is 31.2 Å². The first-order chi connectivity index (χ1) is 17.6. The standard InChI is InChI=1S/C25H20N2O8S2/c1-16-7-3-4-8-18(16)15-26-24(28)22(36-25(26)29)14-17-11-12-20(21(13-17)34-2)35-37(32,33)23-10-6-5-9-19(23)27(30)31/h3-14H,15H2,1-2H3/b22-14-. The summed E-state index contributed by atoms with van der Waals surface area (Å²) in [4.78, 5) is 36.6. The zero-order valence-electron chi connectivity index (χ0n) is 19.6. The molecule has 190 valence electrons. The molecule has 1 aliphatic heterocycles. The van der Waals surface area contributed by atoms with Gasteiger partial charge < -0.3 is 8.92 Å². The molecule has 0 unspecified atom stereocenters. The minimum atomic E-state index is -4.56. The molecule has 3 aromatic rings. The molecular formula is C25H20N2O8S2.